The summed E-state index contributed by atoms with van der Waals surface area (Å²) in [6.45, 7) is 0. The maximum atomic E-state index is 13.4. The van der Waals surface area contributed by atoms with Crippen LogP contribution in [-0.4, -0.2) is 41.1 Å². The van der Waals surface area contributed by atoms with Gasteiger partial charge in [-0.25, -0.2) is 9.59 Å². The summed E-state index contributed by atoms with van der Waals surface area (Å²) in [7, 11) is 1.53. The van der Waals surface area contributed by atoms with Gasteiger partial charge >= 0.3 is 11.9 Å². The number of carbonyl (C=O) groups is 4. The standard InChI is InChI=1S/C30H24N2O7S/c1-39-25-10-6-5-9-24(25)32-28(34)26(18-7-3-2-4-8-18)40-21-14-12-20(13-15-21)31-27(33)22-16-11-19(29(35)36)17-23(22)30(37)38/h2-17,26H,1H3,(H,31,33)(H,32,34)(H,35,36)(H,37,38). The third-order valence-electron chi connectivity index (χ3n) is 5.81. The molecule has 40 heavy (non-hydrogen) atoms. The molecule has 4 aromatic rings. The summed E-state index contributed by atoms with van der Waals surface area (Å²) in [6, 6.07) is 26.4. The highest BCUT2D eigenvalue weighted by Gasteiger charge is 2.24. The zero-order valence-electron chi connectivity index (χ0n) is 21.2. The molecule has 4 rings (SSSR count). The van der Waals surface area contributed by atoms with Crippen LogP contribution < -0.4 is 15.4 Å². The van der Waals surface area contributed by atoms with Gasteiger partial charge in [-0.1, -0.05) is 42.5 Å². The second kappa shape index (κ2) is 12.6. The minimum atomic E-state index is -1.42. The largest absolute Gasteiger partial charge is 0.495 e. The van der Waals surface area contributed by atoms with Gasteiger partial charge in [0.05, 0.1) is 29.5 Å². The molecule has 0 bridgehead atoms. The summed E-state index contributed by atoms with van der Waals surface area (Å²) in [4.78, 5) is 49.7. The van der Waals surface area contributed by atoms with E-state index in [0.29, 0.717) is 17.1 Å². The summed E-state index contributed by atoms with van der Waals surface area (Å²) >= 11 is 1.32. The van der Waals surface area contributed by atoms with Gasteiger partial charge < -0.3 is 25.6 Å². The SMILES string of the molecule is COc1ccccc1NC(=O)C(Sc1ccc(NC(=O)c2ccc(C(=O)O)cc2C(=O)O)cc1)c1ccccc1. The fourth-order valence-electron chi connectivity index (χ4n) is 3.85. The van der Waals surface area contributed by atoms with E-state index in [4.69, 9.17) is 9.84 Å². The quantitative estimate of drug-likeness (QED) is 0.179. The molecule has 0 aliphatic rings. The summed E-state index contributed by atoms with van der Waals surface area (Å²) in [5.74, 6) is -3.13. The molecule has 0 saturated heterocycles. The van der Waals surface area contributed by atoms with Gasteiger partial charge in [-0.2, -0.15) is 0 Å². The number of carboxylic acid groups (broad SMARTS) is 2. The van der Waals surface area contributed by atoms with Crippen LogP contribution in [0, 0.1) is 0 Å². The van der Waals surface area contributed by atoms with Crippen LogP contribution in [0.5, 0.6) is 5.75 Å². The van der Waals surface area contributed by atoms with Gasteiger partial charge in [-0.3, -0.25) is 9.59 Å². The van der Waals surface area contributed by atoms with Crippen molar-refractivity contribution < 1.29 is 34.1 Å². The Morgan fingerprint density at radius 1 is 0.750 bits per heavy atom. The van der Waals surface area contributed by atoms with Crippen LogP contribution in [0.4, 0.5) is 11.4 Å². The van der Waals surface area contributed by atoms with Gasteiger partial charge in [0, 0.05) is 10.6 Å². The molecular formula is C30H24N2O7S. The second-order valence-corrected chi connectivity index (χ2v) is 9.63. The van der Waals surface area contributed by atoms with E-state index < -0.39 is 28.7 Å². The van der Waals surface area contributed by atoms with Crippen LogP contribution >= 0.6 is 11.8 Å². The lowest BCUT2D eigenvalue weighted by atomic mass is 10.0. The van der Waals surface area contributed by atoms with Gasteiger partial charge in [0.1, 0.15) is 11.0 Å². The van der Waals surface area contributed by atoms with E-state index in [1.54, 1.807) is 42.5 Å². The van der Waals surface area contributed by atoms with Crippen LogP contribution in [0.25, 0.3) is 0 Å². The summed E-state index contributed by atoms with van der Waals surface area (Å²) in [5, 5.41) is 23.5. The predicted octanol–water partition coefficient (Wildman–Crippen LogP) is 5.82. The maximum absolute atomic E-state index is 13.4. The number of methoxy groups -OCH3 is 1. The topological polar surface area (TPSA) is 142 Å². The van der Waals surface area contributed by atoms with Crippen LogP contribution in [0.15, 0.2) is 102 Å². The van der Waals surface area contributed by atoms with Crippen molar-refractivity contribution in [3.8, 4) is 5.75 Å². The van der Waals surface area contributed by atoms with Gasteiger partial charge in [0.2, 0.25) is 5.91 Å². The molecule has 10 heteroatoms. The molecule has 0 aliphatic heterocycles. The molecule has 202 valence electrons. The Kier molecular flexibility index (Phi) is 8.82. The first-order valence-corrected chi connectivity index (χ1v) is 12.8. The normalized spacial score (nSPS) is 11.2. The number of carbonyl (C=O) groups excluding carboxylic acids is 2. The number of para-hydroxylation sites is 2. The molecule has 1 atom stereocenters. The lowest BCUT2D eigenvalue weighted by molar-refractivity contribution is -0.115. The number of amides is 2. The van der Waals surface area contributed by atoms with E-state index in [2.05, 4.69) is 10.6 Å². The predicted molar refractivity (Wildman–Crippen MR) is 151 cm³/mol. The smallest absolute Gasteiger partial charge is 0.336 e. The number of rotatable bonds is 10. The molecule has 0 fully saturated rings. The average molecular weight is 557 g/mol. The fraction of sp³-hybridized carbons (Fsp3) is 0.0667. The highest BCUT2D eigenvalue weighted by Crippen LogP contribution is 2.37. The van der Waals surface area contributed by atoms with E-state index in [1.165, 1.54) is 24.9 Å². The Bertz CT molecular complexity index is 1560. The van der Waals surface area contributed by atoms with Crippen LogP contribution in [0.1, 0.15) is 41.9 Å². The van der Waals surface area contributed by atoms with Crippen LogP contribution in [0.2, 0.25) is 0 Å². The van der Waals surface area contributed by atoms with E-state index in [1.807, 2.05) is 36.4 Å². The Labute approximate surface area is 233 Å². The minimum absolute atomic E-state index is 0.173. The van der Waals surface area contributed by atoms with Crippen molar-refractivity contribution in [2.45, 2.75) is 10.1 Å². The number of anilines is 2. The second-order valence-electron chi connectivity index (χ2n) is 8.45. The van der Waals surface area contributed by atoms with Crippen molar-refractivity contribution in [3.63, 3.8) is 0 Å². The number of benzene rings is 4. The monoisotopic (exact) mass is 556 g/mol. The molecular weight excluding hydrogens is 532 g/mol. The van der Waals surface area contributed by atoms with E-state index >= 15 is 0 Å². The number of aromatic carboxylic acids is 2. The van der Waals surface area contributed by atoms with Crippen molar-refractivity contribution in [1.29, 1.82) is 0 Å². The third kappa shape index (κ3) is 6.66. The zero-order valence-corrected chi connectivity index (χ0v) is 22.0. The Hall–Kier alpha value is -5.09. The number of nitrogens with one attached hydrogen (secondary N) is 2. The number of carboxylic acids is 2. The van der Waals surface area contributed by atoms with Crippen molar-refractivity contribution in [2.75, 3.05) is 17.7 Å². The highest BCUT2D eigenvalue weighted by molar-refractivity contribution is 8.00. The Morgan fingerprint density at radius 3 is 2.08 bits per heavy atom. The van der Waals surface area contributed by atoms with Crippen LogP contribution in [-0.2, 0) is 4.79 Å². The van der Waals surface area contributed by atoms with Gasteiger partial charge in [-0.15, -0.1) is 11.8 Å². The number of hydrogen-bond donors (Lipinski definition) is 4. The van der Waals surface area contributed by atoms with E-state index in [9.17, 15) is 24.3 Å². The molecule has 0 spiro atoms. The first-order chi connectivity index (χ1) is 19.3. The molecule has 0 aliphatic carbocycles. The van der Waals surface area contributed by atoms with Crippen LogP contribution in [0.3, 0.4) is 0 Å². The zero-order chi connectivity index (χ0) is 28.6. The molecule has 1 unspecified atom stereocenters. The minimum Gasteiger partial charge on any atom is -0.495 e. The number of thioether (sulfide) groups is 1. The summed E-state index contributed by atoms with van der Waals surface area (Å²) in [5.41, 5.74) is 0.903. The number of hydrogen-bond acceptors (Lipinski definition) is 6. The van der Waals surface area contributed by atoms with E-state index in [-0.39, 0.29) is 17.0 Å². The molecule has 0 heterocycles. The molecule has 0 aromatic heterocycles. The summed E-state index contributed by atoms with van der Waals surface area (Å²) < 4.78 is 5.35. The number of ether oxygens (including phenoxy) is 1. The molecule has 9 nitrogen and oxygen atoms in total. The van der Waals surface area contributed by atoms with Crippen molar-refractivity contribution in [3.05, 3.63) is 119 Å². The van der Waals surface area contributed by atoms with Gasteiger partial charge in [-0.05, 0) is 60.2 Å². The Morgan fingerprint density at radius 2 is 1.43 bits per heavy atom. The lowest BCUT2D eigenvalue weighted by Crippen LogP contribution is -2.19. The third-order valence-corrected chi connectivity index (χ3v) is 7.08. The molecule has 0 saturated carbocycles. The summed E-state index contributed by atoms with van der Waals surface area (Å²) in [6.07, 6.45) is 0. The Balaban J connectivity index is 1.52. The maximum Gasteiger partial charge on any atom is 0.336 e. The average Bonchev–Trinajstić information content (AvgIpc) is 2.97. The molecule has 2 amide bonds. The van der Waals surface area contributed by atoms with Crippen molar-refractivity contribution in [2.24, 2.45) is 0 Å². The van der Waals surface area contributed by atoms with E-state index in [0.717, 1.165) is 22.6 Å². The van der Waals surface area contributed by atoms with Crippen molar-refractivity contribution >= 4 is 46.9 Å². The fourth-order valence-corrected chi connectivity index (χ4v) is 4.88. The first-order valence-electron chi connectivity index (χ1n) is 11.9. The van der Waals surface area contributed by atoms with Gasteiger partial charge in [0.25, 0.3) is 5.91 Å². The lowest BCUT2D eigenvalue weighted by Gasteiger charge is -2.18. The van der Waals surface area contributed by atoms with Crippen molar-refractivity contribution in [1.82, 2.24) is 0 Å². The first kappa shape index (κ1) is 27.9. The molecule has 4 N–H and O–H groups in total. The molecule has 0 radical (unpaired) electrons. The molecule has 4 aromatic carbocycles. The highest BCUT2D eigenvalue weighted by atomic mass is 32.2. The van der Waals surface area contributed by atoms with Gasteiger partial charge in [0.15, 0.2) is 0 Å².